The molecule has 1 aromatic rings. The van der Waals surface area contributed by atoms with E-state index < -0.39 is 0 Å². The van der Waals surface area contributed by atoms with Gasteiger partial charge in [-0.25, -0.2) is 0 Å². The molecule has 0 spiro atoms. The standard InChI is InChI=1S/C13H17NO2/c1-9-7-10(13(14)3-2-4-13)8-11-12(9)16-6-5-15-11/h7-8H,2-6,14H2,1H3. The highest BCUT2D eigenvalue weighted by molar-refractivity contribution is 5.51. The second kappa shape index (κ2) is 3.39. The monoisotopic (exact) mass is 219 g/mol. The van der Waals surface area contributed by atoms with Gasteiger partial charge in [0.1, 0.15) is 13.2 Å². The number of hydrogen-bond acceptors (Lipinski definition) is 3. The maximum Gasteiger partial charge on any atom is 0.164 e. The van der Waals surface area contributed by atoms with Crippen LogP contribution >= 0.6 is 0 Å². The third-order valence-corrected chi connectivity index (χ3v) is 3.65. The van der Waals surface area contributed by atoms with Crippen molar-refractivity contribution in [1.29, 1.82) is 0 Å². The van der Waals surface area contributed by atoms with Crippen LogP contribution in [0.3, 0.4) is 0 Å². The molecule has 0 radical (unpaired) electrons. The summed E-state index contributed by atoms with van der Waals surface area (Å²) in [6.45, 7) is 3.33. The zero-order chi connectivity index (χ0) is 11.2. The maximum absolute atomic E-state index is 6.33. The molecule has 3 rings (SSSR count). The SMILES string of the molecule is Cc1cc(C2(N)CCC2)cc2c1OCCO2. The molecule has 0 atom stereocenters. The second-order valence-corrected chi connectivity index (χ2v) is 4.83. The van der Waals surface area contributed by atoms with Crippen LogP contribution < -0.4 is 15.2 Å². The highest BCUT2D eigenvalue weighted by Crippen LogP contribution is 2.43. The fourth-order valence-corrected chi connectivity index (χ4v) is 2.46. The van der Waals surface area contributed by atoms with Gasteiger partial charge in [-0.3, -0.25) is 0 Å². The molecule has 1 fully saturated rings. The lowest BCUT2D eigenvalue weighted by Gasteiger charge is -2.39. The lowest BCUT2D eigenvalue weighted by atomic mass is 9.72. The lowest BCUT2D eigenvalue weighted by Crippen LogP contribution is -2.43. The van der Waals surface area contributed by atoms with Crippen molar-refractivity contribution >= 4 is 0 Å². The van der Waals surface area contributed by atoms with E-state index in [9.17, 15) is 0 Å². The van der Waals surface area contributed by atoms with Gasteiger partial charge in [-0.2, -0.15) is 0 Å². The van der Waals surface area contributed by atoms with Gasteiger partial charge in [0.15, 0.2) is 11.5 Å². The summed E-state index contributed by atoms with van der Waals surface area (Å²) in [6.07, 6.45) is 3.38. The normalized spacial score (nSPS) is 21.4. The molecule has 86 valence electrons. The van der Waals surface area contributed by atoms with Gasteiger partial charge in [0.25, 0.3) is 0 Å². The Labute approximate surface area is 95.5 Å². The van der Waals surface area contributed by atoms with E-state index in [1.807, 2.05) is 0 Å². The minimum atomic E-state index is -0.124. The van der Waals surface area contributed by atoms with Crippen molar-refractivity contribution in [2.24, 2.45) is 5.73 Å². The van der Waals surface area contributed by atoms with Gasteiger partial charge < -0.3 is 15.2 Å². The molecule has 0 unspecified atom stereocenters. The van der Waals surface area contributed by atoms with Crippen molar-refractivity contribution in [1.82, 2.24) is 0 Å². The molecule has 0 aromatic heterocycles. The van der Waals surface area contributed by atoms with E-state index in [1.54, 1.807) is 0 Å². The second-order valence-electron chi connectivity index (χ2n) is 4.83. The molecule has 1 saturated carbocycles. The first-order valence-electron chi connectivity index (χ1n) is 5.89. The summed E-state index contributed by atoms with van der Waals surface area (Å²) < 4.78 is 11.2. The first-order chi connectivity index (χ1) is 7.69. The molecule has 0 saturated heterocycles. The molecular weight excluding hydrogens is 202 g/mol. The topological polar surface area (TPSA) is 44.5 Å². The Morgan fingerprint density at radius 3 is 2.62 bits per heavy atom. The van der Waals surface area contributed by atoms with Crippen LogP contribution in [0.15, 0.2) is 12.1 Å². The van der Waals surface area contributed by atoms with Crippen molar-refractivity contribution in [3.8, 4) is 11.5 Å². The first kappa shape index (κ1) is 9.97. The number of aryl methyl sites for hydroxylation is 1. The molecule has 2 N–H and O–H groups in total. The predicted molar refractivity (Wildman–Crippen MR) is 61.9 cm³/mol. The summed E-state index contributed by atoms with van der Waals surface area (Å²) in [7, 11) is 0. The minimum absolute atomic E-state index is 0.124. The average Bonchev–Trinajstić information content (AvgIpc) is 2.26. The molecule has 3 nitrogen and oxygen atoms in total. The van der Waals surface area contributed by atoms with Crippen molar-refractivity contribution in [2.45, 2.75) is 31.7 Å². The van der Waals surface area contributed by atoms with Gasteiger partial charge in [0.2, 0.25) is 0 Å². The van der Waals surface area contributed by atoms with Crippen molar-refractivity contribution in [3.05, 3.63) is 23.3 Å². The molecule has 2 aliphatic rings. The van der Waals surface area contributed by atoms with Crippen LogP contribution in [0, 0.1) is 6.92 Å². The third kappa shape index (κ3) is 1.39. The van der Waals surface area contributed by atoms with Gasteiger partial charge in [-0.05, 0) is 43.4 Å². The molecule has 3 heteroatoms. The quantitative estimate of drug-likeness (QED) is 0.786. The molecule has 0 amide bonds. The summed E-state index contributed by atoms with van der Waals surface area (Å²) in [4.78, 5) is 0. The summed E-state index contributed by atoms with van der Waals surface area (Å²) in [6, 6.07) is 4.20. The number of benzene rings is 1. The maximum atomic E-state index is 6.33. The molecule has 16 heavy (non-hydrogen) atoms. The Hall–Kier alpha value is -1.22. The summed E-state index contributed by atoms with van der Waals surface area (Å²) in [5.74, 6) is 1.75. The van der Waals surface area contributed by atoms with Gasteiger partial charge in [0, 0.05) is 5.54 Å². The fraction of sp³-hybridized carbons (Fsp3) is 0.538. The van der Waals surface area contributed by atoms with Gasteiger partial charge in [0.05, 0.1) is 0 Å². The number of ether oxygens (including phenoxy) is 2. The molecule has 1 aromatic carbocycles. The molecule has 1 heterocycles. The van der Waals surface area contributed by atoms with Crippen molar-refractivity contribution < 1.29 is 9.47 Å². The Morgan fingerprint density at radius 2 is 1.94 bits per heavy atom. The van der Waals surface area contributed by atoms with Crippen LogP contribution in [-0.4, -0.2) is 13.2 Å². The smallest absolute Gasteiger partial charge is 0.164 e. The fourth-order valence-electron chi connectivity index (χ4n) is 2.46. The Balaban J connectivity index is 2.05. The summed E-state index contributed by atoms with van der Waals surface area (Å²) in [5, 5.41) is 0. The van der Waals surface area contributed by atoms with Gasteiger partial charge in [-0.15, -0.1) is 0 Å². The van der Waals surface area contributed by atoms with Gasteiger partial charge in [-0.1, -0.05) is 6.07 Å². The van der Waals surface area contributed by atoms with E-state index in [4.69, 9.17) is 15.2 Å². The summed E-state index contributed by atoms with van der Waals surface area (Å²) >= 11 is 0. The highest BCUT2D eigenvalue weighted by Gasteiger charge is 2.35. The zero-order valence-corrected chi connectivity index (χ0v) is 9.58. The molecule has 1 aliphatic carbocycles. The molecule has 0 bridgehead atoms. The van der Waals surface area contributed by atoms with E-state index >= 15 is 0 Å². The summed E-state index contributed by atoms with van der Waals surface area (Å²) in [5.41, 5.74) is 8.53. The van der Waals surface area contributed by atoms with E-state index in [0.717, 1.165) is 29.9 Å². The van der Waals surface area contributed by atoms with E-state index in [2.05, 4.69) is 19.1 Å². The van der Waals surface area contributed by atoms with Crippen LogP contribution in [0.2, 0.25) is 0 Å². The Bertz CT molecular complexity index is 424. The first-order valence-corrected chi connectivity index (χ1v) is 5.89. The number of rotatable bonds is 1. The molecule has 1 aliphatic heterocycles. The van der Waals surface area contributed by atoms with Crippen LogP contribution in [0.1, 0.15) is 30.4 Å². The van der Waals surface area contributed by atoms with E-state index in [0.29, 0.717) is 13.2 Å². The lowest BCUT2D eigenvalue weighted by molar-refractivity contribution is 0.169. The Kier molecular flexibility index (Phi) is 2.11. The number of fused-ring (bicyclic) bond motifs is 1. The average molecular weight is 219 g/mol. The van der Waals surface area contributed by atoms with E-state index in [1.165, 1.54) is 12.0 Å². The zero-order valence-electron chi connectivity index (χ0n) is 9.58. The van der Waals surface area contributed by atoms with Crippen LogP contribution in [0.5, 0.6) is 11.5 Å². The van der Waals surface area contributed by atoms with Crippen LogP contribution in [0.25, 0.3) is 0 Å². The Morgan fingerprint density at radius 1 is 1.19 bits per heavy atom. The predicted octanol–water partition coefficient (Wildman–Crippen LogP) is 2.10. The largest absolute Gasteiger partial charge is 0.486 e. The third-order valence-electron chi connectivity index (χ3n) is 3.65. The van der Waals surface area contributed by atoms with E-state index in [-0.39, 0.29) is 5.54 Å². The minimum Gasteiger partial charge on any atom is -0.486 e. The van der Waals surface area contributed by atoms with Gasteiger partial charge >= 0.3 is 0 Å². The molecular formula is C13H17NO2. The number of nitrogens with two attached hydrogens (primary N) is 1. The van der Waals surface area contributed by atoms with Crippen LogP contribution in [-0.2, 0) is 5.54 Å². The van der Waals surface area contributed by atoms with Crippen LogP contribution in [0.4, 0.5) is 0 Å². The number of hydrogen-bond donors (Lipinski definition) is 1. The van der Waals surface area contributed by atoms with Crippen molar-refractivity contribution in [2.75, 3.05) is 13.2 Å². The highest BCUT2D eigenvalue weighted by atomic mass is 16.6. The van der Waals surface area contributed by atoms with Crippen molar-refractivity contribution in [3.63, 3.8) is 0 Å².